The summed E-state index contributed by atoms with van der Waals surface area (Å²) in [6.45, 7) is 4.32. The maximum absolute atomic E-state index is 2.35. The summed E-state index contributed by atoms with van der Waals surface area (Å²) in [4.78, 5) is 2.35. The molecule has 0 fully saturated rings. The Morgan fingerprint density at radius 1 is 0.567 bits per heavy atom. The van der Waals surface area contributed by atoms with Crippen LogP contribution in [0.2, 0.25) is 0 Å². The molecule has 0 aliphatic heterocycles. The zero-order valence-electron chi connectivity index (χ0n) is 17.6. The van der Waals surface area contributed by atoms with E-state index in [2.05, 4.69) is 134 Å². The lowest BCUT2D eigenvalue weighted by Gasteiger charge is -2.28. The summed E-state index contributed by atoms with van der Waals surface area (Å²) in [5.41, 5.74) is 8.59. The highest BCUT2D eigenvalue weighted by Crippen LogP contribution is 2.34. The average molecular weight is 390 g/mol. The number of rotatable bonds is 6. The third kappa shape index (κ3) is 4.21. The molecule has 0 N–H and O–H groups in total. The van der Waals surface area contributed by atoms with E-state index in [0.717, 1.165) is 6.42 Å². The topological polar surface area (TPSA) is 3.24 Å². The van der Waals surface area contributed by atoms with Gasteiger partial charge in [-0.15, -0.1) is 0 Å². The zero-order valence-corrected chi connectivity index (χ0v) is 17.6. The fourth-order valence-corrected chi connectivity index (χ4v) is 3.84. The van der Waals surface area contributed by atoms with E-state index in [4.69, 9.17) is 0 Å². The fourth-order valence-electron chi connectivity index (χ4n) is 3.84. The Balaban J connectivity index is 1.69. The summed E-state index contributed by atoms with van der Waals surface area (Å²) in [5.74, 6) is 0. The number of hydrogen-bond donors (Lipinski definition) is 0. The quantitative estimate of drug-likeness (QED) is 0.319. The van der Waals surface area contributed by atoms with E-state index in [-0.39, 0.29) is 0 Å². The highest BCUT2D eigenvalue weighted by atomic mass is 15.1. The van der Waals surface area contributed by atoms with Crippen molar-refractivity contribution in [3.8, 4) is 22.3 Å². The van der Waals surface area contributed by atoms with Gasteiger partial charge in [0.1, 0.15) is 0 Å². The molecule has 0 saturated heterocycles. The van der Waals surface area contributed by atoms with Crippen molar-refractivity contribution in [3.63, 3.8) is 0 Å². The molecule has 4 rings (SSSR count). The fraction of sp³-hybridized carbons (Fsp3) is 0.103. The predicted molar refractivity (Wildman–Crippen MR) is 130 cm³/mol. The van der Waals surface area contributed by atoms with Crippen molar-refractivity contribution in [1.82, 2.24) is 0 Å². The lowest BCUT2D eigenvalue weighted by Crippen LogP contribution is -2.15. The van der Waals surface area contributed by atoms with E-state index < -0.39 is 0 Å². The van der Waals surface area contributed by atoms with Gasteiger partial charge in [-0.2, -0.15) is 0 Å². The van der Waals surface area contributed by atoms with Gasteiger partial charge >= 0.3 is 0 Å². The predicted octanol–water partition coefficient (Wildman–Crippen LogP) is 8.47. The van der Waals surface area contributed by atoms with Crippen molar-refractivity contribution >= 4 is 11.4 Å². The van der Waals surface area contributed by atoms with Gasteiger partial charge in [0.25, 0.3) is 0 Å². The first kappa shape index (κ1) is 19.7. The highest BCUT2D eigenvalue weighted by molar-refractivity contribution is 5.74. The minimum Gasteiger partial charge on any atom is -0.315 e. The second-order valence-electron chi connectivity index (χ2n) is 7.29. The Labute approximate surface area is 179 Å². The van der Waals surface area contributed by atoms with E-state index in [1.54, 1.807) is 0 Å². The van der Waals surface area contributed by atoms with Gasteiger partial charge < -0.3 is 4.90 Å². The second kappa shape index (κ2) is 9.28. The molecule has 0 radical (unpaired) electrons. The van der Waals surface area contributed by atoms with Gasteiger partial charge in [-0.3, -0.25) is 0 Å². The zero-order chi connectivity index (χ0) is 20.8. The molecule has 0 spiro atoms. The third-order valence-electron chi connectivity index (χ3n) is 5.45. The lowest BCUT2D eigenvalue weighted by atomic mass is 10.0. The Hall–Kier alpha value is -3.58. The van der Waals surface area contributed by atoms with Crippen LogP contribution in [-0.2, 0) is 0 Å². The molecule has 0 heterocycles. The molecule has 0 aromatic heterocycles. The van der Waals surface area contributed by atoms with E-state index >= 15 is 0 Å². The maximum Gasteiger partial charge on any atom is 0.0458 e. The van der Waals surface area contributed by atoms with Gasteiger partial charge in [0.2, 0.25) is 0 Å². The molecule has 148 valence electrons. The van der Waals surface area contributed by atoms with Crippen LogP contribution >= 0.6 is 0 Å². The molecule has 4 aromatic rings. The number of anilines is 2. The number of hydrogen-bond acceptors (Lipinski definition) is 1. The maximum atomic E-state index is 2.35. The molecule has 0 aliphatic carbocycles. The third-order valence-corrected chi connectivity index (χ3v) is 5.45. The van der Waals surface area contributed by atoms with Crippen LogP contribution in [0.5, 0.6) is 0 Å². The standard InChI is InChI=1S/C29H27N/c1-3-27(4-2)30(28-19-15-25(16-20-28)23-11-7-5-8-12-23)29-21-17-26(18-22-29)24-13-9-6-10-14-24/h3,5-22H,4H2,1-2H3/b27-3+. The van der Waals surface area contributed by atoms with Crippen LogP contribution in [0.1, 0.15) is 20.3 Å². The van der Waals surface area contributed by atoms with Crippen molar-refractivity contribution in [1.29, 1.82) is 0 Å². The van der Waals surface area contributed by atoms with Crippen molar-refractivity contribution < 1.29 is 0 Å². The Kier molecular flexibility index (Phi) is 6.10. The molecule has 0 amide bonds. The first-order chi connectivity index (χ1) is 14.8. The van der Waals surface area contributed by atoms with Crippen molar-refractivity contribution in [3.05, 3.63) is 121 Å². The first-order valence-corrected chi connectivity index (χ1v) is 10.6. The van der Waals surface area contributed by atoms with Crippen LogP contribution in [0.4, 0.5) is 11.4 Å². The van der Waals surface area contributed by atoms with Crippen LogP contribution in [0.15, 0.2) is 121 Å². The summed E-state index contributed by atoms with van der Waals surface area (Å²) in [7, 11) is 0. The van der Waals surface area contributed by atoms with Gasteiger partial charge in [0, 0.05) is 17.1 Å². The number of nitrogens with zero attached hydrogens (tertiary/aromatic N) is 1. The summed E-state index contributed by atoms with van der Waals surface area (Å²) >= 11 is 0. The molecule has 0 saturated carbocycles. The number of allylic oxidation sites excluding steroid dienone is 2. The van der Waals surface area contributed by atoms with Crippen LogP contribution in [0.3, 0.4) is 0 Å². The summed E-state index contributed by atoms with van der Waals surface area (Å²) < 4.78 is 0. The number of benzene rings is 4. The second-order valence-corrected chi connectivity index (χ2v) is 7.29. The van der Waals surface area contributed by atoms with Gasteiger partial charge in [0.15, 0.2) is 0 Å². The van der Waals surface area contributed by atoms with Gasteiger partial charge in [-0.05, 0) is 59.9 Å². The Bertz CT molecular complexity index is 1010. The van der Waals surface area contributed by atoms with Crippen LogP contribution in [0, 0.1) is 0 Å². The molecule has 30 heavy (non-hydrogen) atoms. The first-order valence-electron chi connectivity index (χ1n) is 10.6. The van der Waals surface area contributed by atoms with Crippen molar-refractivity contribution in [2.24, 2.45) is 0 Å². The highest BCUT2D eigenvalue weighted by Gasteiger charge is 2.13. The van der Waals surface area contributed by atoms with Crippen LogP contribution in [-0.4, -0.2) is 0 Å². The smallest absolute Gasteiger partial charge is 0.0458 e. The lowest BCUT2D eigenvalue weighted by molar-refractivity contribution is 1.01. The monoisotopic (exact) mass is 389 g/mol. The SMILES string of the molecule is C/C=C(\CC)N(c1ccc(-c2ccccc2)cc1)c1ccc(-c2ccccc2)cc1. The van der Waals surface area contributed by atoms with E-state index in [9.17, 15) is 0 Å². The van der Waals surface area contributed by atoms with Gasteiger partial charge in [-0.25, -0.2) is 0 Å². The summed E-state index contributed by atoms with van der Waals surface area (Å²) in [6.07, 6.45) is 3.17. The molecular formula is C29H27N. The van der Waals surface area contributed by atoms with Crippen molar-refractivity contribution in [2.75, 3.05) is 4.90 Å². The van der Waals surface area contributed by atoms with Crippen LogP contribution < -0.4 is 4.90 Å². The largest absolute Gasteiger partial charge is 0.315 e. The Morgan fingerprint density at radius 3 is 1.27 bits per heavy atom. The Morgan fingerprint density at radius 2 is 0.933 bits per heavy atom. The minimum absolute atomic E-state index is 0.970. The molecular weight excluding hydrogens is 362 g/mol. The molecule has 1 heteroatoms. The van der Waals surface area contributed by atoms with Crippen molar-refractivity contribution in [2.45, 2.75) is 20.3 Å². The van der Waals surface area contributed by atoms with Crippen LogP contribution in [0.25, 0.3) is 22.3 Å². The van der Waals surface area contributed by atoms with E-state index in [0.29, 0.717) is 0 Å². The average Bonchev–Trinajstić information content (AvgIpc) is 2.84. The van der Waals surface area contributed by atoms with E-state index in [1.165, 1.54) is 39.3 Å². The molecule has 1 nitrogen and oxygen atoms in total. The summed E-state index contributed by atoms with van der Waals surface area (Å²) in [6, 6.07) is 38.7. The molecule has 0 atom stereocenters. The molecule has 0 bridgehead atoms. The van der Waals surface area contributed by atoms with Gasteiger partial charge in [0.05, 0.1) is 0 Å². The molecule has 4 aromatic carbocycles. The summed E-state index contributed by atoms with van der Waals surface area (Å²) in [5, 5.41) is 0. The van der Waals surface area contributed by atoms with E-state index in [1.807, 2.05) is 0 Å². The minimum atomic E-state index is 0.970. The van der Waals surface area contributed by atoms with Gasteiger partial charge in [-0.1, -0.05) is 97.9 Å². The molecule has 0 aliphatic rings. The molecule has 0 unspecified atom stereocenters. The normalized spacial score (nSPS) is 11.3.